The normalized spacial score (nSPS) is 11.5. The van der Waals surface area contributed by atoms with Gasteiger partial charge in [-0.2, -0.15) is 8.42 Å². The van der Waals surface area contributed by atoms with Crippen LogP contribution in [0.25, 0.3) is 0 Å². The van der Waals surface area contributed by atoms with E-state index in [1.54, 1.807) is 0 Å². The Bertz CT molecular complexity index is 262. The first-order chi connectivity index (χ1) is 6.42. The van der Waals surface area contributed by atoms with Crippen molar-refractivity contribution < 1.29 is 13.0 Å². The van der Waals surface area contributed by atoms with Crippen LogP contribution < -0.4 is 5.73 Å². The summed E-state index contributed by atoms with van der Waals surface area (Å²) in [6.07, 6.45) is 4.64. The van der Waals surface area contributed by atoms with Crippen molar-refractivity contribution in [2.24, 2.45) is 5.73 Å². The second-order valence-corrected chi connectivity index (χ2v) is 4.90. The van der Waals surface area contributed by atoms with Crippen molar-refractivity contribution in [3.05, 3.63) is 0 Å². The van der Waals surface area contributed by atoms with Gasteiger partial charge in [-0.25, -0.2) is 0 Å². The lowest BCUT2D eigenvalue weighted by atomic mass is 10.1. The molecule has 84 valence electrons. The zero-order valence-corrected chi connectivity index (χ0v) is 9.02. The maximum atomic E-state index is 10.3. The Hall–Kier alpha value is -0.620. The smallest absolute Gasteiger partial charge is 0.264 e. The van der Waals surface area contributed by atoms with E-state index < -0.39 is 10.1 Å². The molecule has 0 atom stereocenters. The van der Waals surface area contributed by atoms with E-state index in [1.807, 2.05) is 0 Å². The van der Waals surface area contributed by atoms with E-state index in [9.17, 15) is 8.42 Å². The van der Waals surface area contributed by atoms with Crippen LogP contribution in [0, 0.1) is 5.41 Å². The molecular formula is C8H18N2O3S. The van der Waals surface area contributed by atoms with Gasteiger partial charge in [-0.3, -0.25) is 9.96 Å². The molecule has 0 aliphatic carbocycles. The molecule has 0 bridgehead atoms. The molecule has 0 unspecified atom stereocenters. The van der Waals surface area contributed by atoms with Gasteiger partial charge in [0.05, 0.1) is 11.6 Å². The number of nitrogens with two attached hydrogens (primary N) is 1. The zero-order valence-electron chi connectivity index (χ0n) is 8.20. The van der Waals surface area contributed by atoms with E-state index in [-0.39, 0.29) is 11.6 Å². The van der Waals surface area contributed by atoms with E-state index in [2.05, 4.69) is 0 Å². The van der Waals surface area contributed by atoms with Crippen LogP contribution in [0.2, 0.25) is 0 Å². The lowest BCUT2D eigenvalue weighted by Gasteiger charge is -2.00. The van der Waals surface area contributed by atoms with Crippen LogP contribution in [0.4, 0.5) is 0 Å². The quantitative estimate of drug-likeness (QED) is 0.248. The molecular weight excluding hydrogens is 204 g/mol. The van der Waals surface area contributed by atoms with Gasteiger partial charge in [0.1, 0.15) is 0 Å². The molecule has 4 N–H and O–H groups in total. The van der Waals surface area contributed by atoms with Gasteiger partial charge in [-0.1, -0.05) is 19.3 Å². The Labute approximate surface area is 84.9 Å². The van der Waals surface area contributed by atoms with Crippen LogP contribution in [0.5, 0.6) is 0 Å². The minimum atomic E-state index is -3.78. The fourth-order valence-corrected chi connectivity index (χ4v) is 1.70. The van der Waals surface area contributed by atoms with Gasteiger partial charge in [0.15, 0.2) is 0 Å². The SMILES string of the molecule is N=C(N)CCCCCCCS(=O)(=O)O. The van der Waals surface area contributed by atoms with Crippen LogP contribution >= 0.6 is 0 Å². The summed E-state index contributed by atoms with van der Waals surface area (Å²) in [4.78, 5) is 0. The van der Waals surface area contributed by atoms with Crippen molar-refractivity contribution in [3.8, 4) is 0 Å². The minimum Gasteiger partial charge on any atom is -0.388 e. The van der Waals surface area contributed by atoms with E-state index in [0.717, 1.165) is 25.7 Å². The third-order valence-corrected chi connectivity index (χ3v) is 2.65. The second-order valence-electron chi connectivity index (χ2n) is 3.33. The fraction of sp³-hybridized carbons (Fsp3) is 0.875. The molecule has 0 fully saturated rings. The molecule has 14 heavy (non-hydrogen) atoms. The topological polar surface area (TPSA) is 104 Å². The molecule has 0 radical (unpaired) electrons. The summed E-state index contributed by atoms with van der Waals surface area (Å²) in [6.45, 7) is 0. The third kappa shape index (κ3) is 11.4. The Morgan fingerprint density at radius 1 is 1.14 bits per heavy atom. The van der Waals surface area contributed by atoms with Gasteiger partial charge >= 0.3 is 0 Å². The first-order valence-corrected chi connectivity index (χ1v) is 6.31. The zero-order chi connectivity index (χ0) is 11.0. The molecule has 0 amide bonds. The van der Waals surface area contributed by atoms with E-state index in [0.29, 0.717) is 12.8 Å². The van der Waals surface area contributed by atoms with Crippen LogP contribution in [-0.2, 0) is 10.1 Å². The third-order valence-electron chi connectivity index (χ3n) is 1.85. The predicted octanol–water partition coefficient (Wildman–Crippen LogP) is 1.15. The van der Waals surface area contributed by atoms with Gasteiger partial charge in [0, 0.05) is 6.42 Å². The van der Waals surface area contributed by atoms with Crippen LogP contribution in [0.1, 0.15) is 38.5 Å². The molecule has 5 nitrogen and oxygen atoms in total. The fourth-order valence-electron chi connectivity index (χ4n) is 1.13. The summed E-state index contributed by atoms with van der Waals surface area (Å²) in [5.74, 6) is 0.0441. The largest absolute Gasteiger partial charge is 0.388 e. The van der Waals surface area contributed by atoms with Crippen molar-refractivity contribution in [1.82, 2.24) is 0 Å². The number of hydrogen-bond donors (Lipinski definition) is 3. The van der Waals surface area contributed by atoms with Crippen molar-refractivity contribution in [2.45, 2.75) is 38.5 Å². The van der Waals surface area contributed by atoms with Gasteiger partial charge in [-0.05, 0) is 12.8 Å². The first kappa shape index (κ1) is 13.4. The maximum Gasteiger partial charge on any atom is 0.264 e. The molecule has 0 saturated carbocycles. The van der Waals surface area contributed by atoms with Crippen LogP contribution in [0.15, 0.2) is 0 Å². The minimum absolute atomic E-state index is 0.153. The summed E-state index contributed by atoms with van der Waals surface area (Å²) in [7, 11) is -3.78. The molecule has 0 aliphatic heterocycles. The lowest BCUT2D eigenvalue weighted by Crippen LogP contribution is -2.08. The molecule has 0 saturated heterocycles. The first-order valence-electron chi connectivity index (χ1n) is 4.70. The van der Waals surface area contributed by atoms with Crippen LogP contribution in [0.3, 0.4) is 0 Å². The highest BCUT2D eigenvalue weighted by atomic mass is 32.2. The van der Waals surface area contributed by atoms with Gasteiger partial charge in [0.2, 0.25) is 0 Å². The summed E-state index contributed by atoms with van der Waals surface area (Å²) < 4.78 is 29.1. The number of rotatable bonds is 8. The van der Waals surface area contributed by atoms with Gasteiger partial charge in [-0.15, -0.1) is 0 Å². The molecule has 0 rings (SSSR count). The number of nitrogens with one attached hydrogen (secondary N) is 1. The van der Waals surface area contributed by atoms with Gasteiger partial charge in [0.25, 0.3) is 10.1 Å². The average molecular weight is 222 g/mol. The predicted molar refractivity (Wildman–Crippen MR) is 56.0 cm³/mol. The highest BCUT2D eigenvalue weighted by Gasteiger charge is 2.02. The number of amidine groups is 1. The van der Waals surface area contributed by atoms with E-state index >= 15 is 0 Å². The monoisotopic (exact) mass is 222 g/mol. The standard InChI is InChI=1S/C8H18N2O3S/c9-8(10)6-4-2-1-3-5-7-14(11,12)13/h1-7H2,(H3,9,10)(H,11,12,13). The summed E-state index contributed by atoms with van der Waals surface area (Å²) in [6, 6.07) is 0. The highest BCUT2D eigenvalue weighted by molar-refractivity contribution is 7.85. The van der Waals surface area contributed by atoms with Crippen molar-refractivity contribution in [3.63, 3.8) is 0 Å². The number of hydrogen-bond acceptors (Lipinski definition) is 3. The molecule has 0 aromatic rings. The Morgan fingerprint density at radius 2 is 1.64 bits per heavy atom. The Balaban J connectivity index is 3.19. The molecule has 0 aromatic carbocycles. The van der Waals surface area contributed by atoms with E-state index in [1.165, 1.54) is 0 Å². The summed E-state index contributed by atoms with van der Waals surface area (Å²) in [5, 5.41) is 6.96. The molecule has 0 heterocycles. The van der Waals surface area contributed by atoms with Crippen molar-refractivity contribution in [1.29, 1.82) is 5.41 Å². The average Bonchev–Trinajstić information content (AvgIpc) is 2.00. The molecule has 0 aliphatic rings. The maximum absolute atomic E-state index is 10.3. The van der Waals surface area contributed by atoms with Crippen LogP contribution in [-0.4, -0.2) is 24.6 Å². The Morgan fingerprint density at radius 3 is 2.14 bits per heavy atom. The number of unbranched alkanes of at least 4 members (excludes halogenated alkanes) is 4. The Kier molecular flexibility index (Phi) is 6.48. The summed E-state index contributed by atoms with van der Waals surface area (Å²) in [5.41, 5.74) is 5.16. The van der Waals surface area contributed by atoms with Crippen molar-refractivity contribution in [2.75, 3.05) is 5.75 Å². The van der Waals surface area contributed by atoms with E-state index in [4.69, 9.17) is 15.7 Å². The lowest BCUT2D eigenvalue weighted by molar-refractivity contribution is 0.479. The molecule has 6 heteroatoms. The van der Waals surface area contributed by atoms with Gasteiger partial charge < -0.3 is 5.73 Å². The summed E-state index contributed by atoms with van der Waals surface area (Å²) >= 11 is 0. The highest BCUT2D eigenvalue weighted by Crippen LogP contribution is 2.05. The molecule has 0 aromatic heterocycles. The second kappa shape index (κ2) is 6.78. The van der Waals surface area contributed by atoms with Crippen molar-refractivity contribution >= 4 is 16.0 Å². The molecule has 0 spiro atoms.